The van der Waals surface area contributed by atoms with E-state index in [1.165, 1.54) is 16.2 Å². The van der Waals surface area contributed by atoms with Crippen LogP contribution in [0.3, 0.4) is 0 Å². The number of aromatic nitrogens is 6. The first kappa shape index (κ1) is 29.2. The molecular weight excluding hydrogens is 645 g/mol. The van der Waals surface area contributed by atoms with E-state index in [0.717, 1.165) is 59.3 Å². The average Bonchev–Trinajstić information content (AvgIpc) is 3.59. The minimum Gasteiger partial charge on any atom is -0.245 e. The predicted octanol–water partition coefficient (Wildman–Crippen LogP) is 11.1. The number of pyridine rings is 1. The molecule has 0 amide bonds. The van der Waals surface area contributed by atoms with Crippen LogP contribution in [0.4, 0.5) is 0 Å². The van der Waals surface area contributed by atoms with E-state index in [1.54, 1.807) is 11.3 Å². The van der Waals surface area contributed by atoms with Gasteiger partial charge in [-0.05, 0) is 51.9 Å². The Hall–Kier alpha value is -6.70. The summed E-state index contributed by atoms with van der Waals surface area (Å²) in [7, 11) is 0. The highest BCUT2D eigenvalue weighted by Crippen LogP contribution is 2.39. The summed E-state index contributed by atoms with van der Waals surface area (Å²) in [4.78, 5) is 30.7. The highest BCUT2D eigenvalue weighted by atomic mass is 32.1. The number of thiophene rings is 1. The number of benzene rings is 6. The Morgan fingerprint density at radius 1 is 0.373 bits per heavy atom. The van der Waals surface area contributed by atoms with Crippen molar-refractivity contribution >= 4 is 53.3 Å². The van der Waals surface area contributed by atoms with Crippen molar-refractivity contribution < 1.29 is 0 Å². The van der Waals surface area contributed by atoms with Crippen LogP contribution in [0.25, 0.3) is 98.8 Å². The molecule has 10 rings (SSSR count). The van der Waals surface area contributed by atoms with Gasteiger partial charge in [-0.2, -0.15) is 0 Å². The zero-order chi connectivity index (χ0) is 33.7. The SMILES string of the molecule is c1ccc(-c2nc(-c3ccccc3)nc(-c3ccc(-c4nc(-c5ccc6cc7ccccc7cc6c5)nc5c4sc4ncccc45)cc3)n2)cc1. The van der Waals surface area contributed by atoms with E-state index in [2.05, 4.69) is 89.9 Å². The van der Waals surface area contributed by atoms with E-state index < -0.39 is 0 Å². The quantitative estimate of drug-likeness (QED) is 0.170. The molecule has 0 unspecified atom stereocenters. The van der Waals surface area contributed by atoms with Crippen molar-refractivity contribution in [1.82, 2.24) is 29.9 Å². The molecule has 0 aliphatic heterocycles. The van der Waals surface area contributed by atoms with Crippen molar-refractivity contribution in [2.24, 2.45) is 0 Å². The monoisotopic (exact) mass is 670 g/mol. The fourth-order valence-electron chi connectivity index (χ4n) is 6.60. The summed E-state index contributed by atoms with van der Waals surface area (Å²) in [5.74, 6) is 2.55. The third-order valence-corrected chi connectivity index (χ3v) is 10.3. The van der Waals surface area contributed by atoms with Crippen molar-refractivity contribution in [1.29, 1.82) is 0 Å². The Morgan fingerprint density at radius 3 is 1.57 bits per heavy atom. The van der Waals surface area contributed by atoms with Crippen LogP contribution in [0.5, 0.6) is 0 Å². The maximum atomic E-state index is 5.25. The maximum Gasteiger partial charge on any atom is 0.164 e. The van der Waals surface area contributed by atoms with Crippen LogP contribution >= 0.6 is 11.3 Å². The van der Waals surface area contributed by atoms with Crippen molar-refractivity contribution in [3.05, 3.63) is 158 Å². The lowest BCUT2D eigenvalue weighted by Gasteiger charge is -2.10. The van der Waals surface area contributed by atoms with Gasteiger partial charge in [0.1, 0.15) is 4.83 Å². The normalized spacial score (nSPS) is 11.5. The smallest absolute Gasteiger partial charge is 0.164 e. The average molecular weight is 671 g/mol. The molecule has 0 saturated heterocycles. The van der Waals surface area contributed by atoms with Gasteiger partial charge in [0, 0.05) is 39.4 Å². The molecule has 6 aromatic carbocycles. The largest absolute Gasteiger partial charge is 0.245 e. The third-order valence-electron chi connectivity index (χ3n) is 9.17. The van der Waals surface area contributed by atoms with Gasteiger partial charge in [0.05, 0.1) is 15.9 Å². The highest BCUT2D eigenvalue weighted by molar-refractivity contribution is 7.25. The molecule has 0 aliphatic carbocycles. The van der Waals surface area contributed by atoms with Gasteiger partial charge in [-0.25, -0.2) is 29.9 Å². The molecule has 0 fully saturated rings. The molecule has 10 aromatic rings. The standard InChI is InChI=1S/C44H26N6S/c1-3-10-28(11-4-1)40-48-41(29-12-5-2-6-13-29)50-42(49-40)30-19-17-27(18-20-30)37-39-38(36-16-9-23-45-44(36)51-39)47-43(46-37)34-22-21-33-24-31-14-7-8-15-32(31)25-35(33)26-34/h1-26H. The van der Waals surface area contributed by atoms with Crippen LogP contribution in [0.2, 0.25) is 0 Å². The summed E-state index contributed by atoms with van der Waals surface area (Å²) in [6.45, 7) is 0. The Balaban J connectivity index is 1.11. The highest BCUT2D eigenvalue weighted by Gasteiger charge is 2.18. The van der Waals surface area contributed by atoms with Gasteiger partial charge in [0.2, 0.25) is 0 Å². The molecule has 0 atom stereocenters. The fraction of sp³-hybridized carbons (Fsp3) is 0. The molecule has 6 nitrogen and oxygen atoms in total. The first-order chi connectivity index (χ1) is 25.2. The summed E-state index contributed by atoms with van der Waals surface area (Å²) in [6.07, 6.45) is 1.83. The molecule has 0 bridgehead atoms. The molecule has 4 aromatic heterocycles. The van der Waals surface area contributed by atoms with Gasteiger partial charge >= 0.3 is 0 Å². The second kappa shape index (κ2) is 12.0. The molecule has 0 aliphatic rings. The van der Waals surface area contributed by atoms with Crippen LogP contribution in [-0.4, -0.2) is 29.9 Å². The Morgan fingerprint density at radius 2 is 0.902 bits per heavy atom. The molecule has 238 valence electrons. The maximum absolute atomic E-state index is 5.25. The van der Waals surface area contributed by atoms with E-state index in [-0.39, 0.29) is 0 Å². The lowest BCUT2D eigenvalue weighted by Crippen LogP contribution is -2.00. The molecule has 0 spiro atoms. The lowest BCUT2D eigenvalue weighted by molar-refractivity contribution is 1.07. The van der Waals surface area contributed by atoms with Gasteiger partial charge < -0.3 is 0 Å². The molecule has 0 saturated carbocycles. The number of hydrogen-bond acceptors (Lipinski definition) is 7. The summed E-state index contributed by atoms with van der Waals surface area (Å²) < 4.78 is 1.00. The summed E-state index contributed by atoms with van der Waals surface area (Å²) in [5.41, 5.74) is 6.48. The van der Waals surface area contributed by atoms with Gasteiger partial charge in [-0.3, -0.25) is 0 Å². The second-order valence-electron chi connectivity index (χ2n) is 12.4. The van der Waals surface area contributed by atoms with Gasteiger partial charge in [-0.15, -0.1) is 11.3 Å². The predicted molar refractivity (Wildman–Crippen MR) is 208 cm³/mol. The van der Waals surface area contributed by atoms with E-state index in [0.29, 0.717) is 23.3 Å². The number of rotatable bonds is 5. The van der Waals surface area contributed by atoms with Crippen LogP contribution in [0.1, 0.15) is 0 Å². The number of nitrogens with zero attached hydrogens (tertiary/aromatic N) is 6. The number of hydrogen-bond donors (Lipinski definition) is 0. The summed E-state index contributed by atoms with van der Waals surface area (Å²) in [6, 6.07) is 51.8. The van der Waals surface area contributed by atoms with E-state index in [1.807, 2.05) is 72.9 Å². The van der Waals surface area contributed by atoms with Crippen LogP contribution in [0.15, 0.2) is 158 Å². The summed E-state index contributed by atoms with van der Waals surface area (Å²) >= 11 is 1.62. The van der Waals surface area contributed by atoms with Gasteiger partial charge in [0.15, 0.2) is 23.3 Å². The minimum absolute atomic E-state index is 0.609. The van der Waals surface area contributed by atoms with E-state index in [9.17, 15) is 0 Å². The van der Waals surface area contributed by atoms with Crippen LogP contribution < -0.4 is 0 Å². The molecule has 0 N–H and O–H groups in total. The van der Waals surface area contributed by atoms with Crippen molar-refractivity contribution in [3.63, 3.8) is 0 Å². The fourth-order valence-corrected chi connectivity index (χ4v) is 7.69. The zero-order valence-electron chi connectivity index (χ0n) is 27.1. The topological polar surface area (TPSA) is 77.3 Å². The first-order valence-corrected chi connectivity index (χ1v) is 17.5. The Labute approximate surface area is 296 Å². The molecule has 51 heavy (non-hydrogen) atoms. The van der Waals surface area contributed by atoms with E-state index in [4.69, 9.17) is 24.9 Å². The van der Waals surface area contributed by atoms with Crippen LogP contribution in [-0.2, 0) is 0 Å². The van der Waals surface area contributed by atoms with E-state index >= 15 is 0 Å². The Kier molecular flexibility index (Phi) is 6.89. The molecular formula is C44H26N6S. The number of fused-ring (bicyclic) bond motifs is 5. The van der Waals surface area contributed by atoms with Crippen molar-refractivity contribution in [2.75, 3.05) is 0 Å². The minimum atomic E-state index is 0.609. The van der Waals surface area contributed by atoms with Gasteiger partial charge in [-0.1, -0.05) is 121 Å². The Bertz CT molecular complexity index is 2850. The summed E-state index contributed by atoms with van der Waals surface area (Å²) in [5, 5.41) is 5.80. The molecule has 4 heterocycles. The third kappa shape index (κ3) is 5.28. The first-order valence-electron chi connectivity index (χ1n) is 16.7. The van der Waals surface area contributed by atoms with Gasteiger partial charge in [0.25, 0.3) is 0 Å². The molecule has 0 radical (unpaired) electrons. The van der Waals surface area contributed by atoms with Crippen molar-refractivity contribution in [2.45, 2.75) is 0 Å². The lowest BCUT2D eigenvalue weighted by atomic mass is 10.0. The second-order valence-corrected chi connectivity index (χ2v) is 13.4. The van der Waals surface area contributed by atoms with Crippen LogP contribution in [0, 0.1) is 0 Å². The molecule has 7 heteroatoms. The zero-order valence-corrected chi connectivity index (χ0v) is 27.9. The van der Waals surface area contributed by atoms with Crippen molar-refractivity contribution in [3.8, 4) is 56.8 Å².